The Morgan fingerprint density at radius 2 is 2.20 bits per heavy atom. The first kappa shape index (κ1) is 12.0. The number of unbranched alkanes of at least 4 members (excludes halogenated alkanes) is 3. The Balaban J connectivity index is 2.40. The van der Waals surface area contributed by atoms with E-state index in [1.165, 1.54) is 25.7 Å². The minimum atomic E-state index is -0.104. The molecule has 1 rings (SSSR count). The highest BCUT2D eigenvalue weighted by molar-refractivity contribution is 5.10. The summed E-state index contributed by atoms with van der Waals surface area (Å²) in [5.74, 6) is 0.441. The zero-order valence-corrected chi connectivity index (χ0v) is 9.62. The van der Waals surface area contributed by atoms with Gasteiger partial charge in [-0.1, -0.05) is 39.5 Å². The van der Waals surface area contributed by atoms with E-state index in [-0.39, 0.29) is 5.56 Å². The molecule has 3 heteroatoms. The fraction of sp³-hybridized carbons (Fsp3) is 0.667. The van der Waals surface area contributed by atoms with E-state index in [1.54, 1.807) is 12.3 Å². The third kappa shape index (κ3) is 4.28. The van der Waals surface area contributed by atoms with Crippen LogP contribution >= 0.6 is 0 Å². The number of aromatic amines is 1. The lowest BCUT2D eigenvalue weighted by molar-refractivity contribution is 0.577. The molecule has 1 aromatic heterocycles. The minimum absolute atomic E-state index is 0.104. The van der Waals surface area contributed by atoms with Crippen LogP contribution in [0, 0.1) is 0 Å². The highest BCUT2D eigenvalue weighted by atomic mass is 16.1. The summed E-state index contributed by atoms with van der Waals surface area (Å²) < 4.78 is 0. The Kier molecular flexibility index (Phi) is 5.08. The molecule has 1 aromatic rings. The Labute approximate surface area is 90.9 Å². The molecule has 0 aromatic carbocycles. The molecule has 1 atom stereocenters. The summed E-state index contributed by atoms with van der Waals surface area (Å²) in [4.78, 5) is 11.1. The minimum Gasteiger partial charge on any atom is -0.268 e. The Hall–Kier alpha value is -1.12. The summed E-state index contributed by atoms with van der Waals surface area (Å²) in [6.07, 6.45) is 8.00. The summed E-state index contributed by atoms with van der Waals surface area (Å²) in [6, 6.07) is 1.65. The van der Waals surface area contributed by atoms with Gasteiger partial charge in [0.1, 0.15) is 0 Å². The molecule has 0 spiro atoms. The predicted octanol–water partition coefficient (Wildman–Crippen LogP) is 2.84. The van der Waals surface area contributed by atoms with Gasteiger partial charge < -0.3 is 0 Å². The molecular weight excluding hydrogens is 188 g/mol. The van der Waals surface area contributed by atoms with Gasteiger partial charge in [0.2, 0.25) is 0 Å². The van der Waals surface area contributed by atoms with E-state index in [4.69, 9.17) is 0 Å². The molecule has 0 bridgehead atoms. The van der Waals surface area contributed by atoms with Crippen molar-refractivity contribution in [3.8, 4) is 0 Å². The second kappa shape index (κ2) is 6.38. The molecule has 0 saturated heterocycles. The van der Waals surface area contributed by atoms with E-state index in [0.29, 0.717) is 5.92 Å². The number of nitrogens with one attached hydrogen (secondary N) is 1. The van der Waals surface area contributed by atoms with Crippen molar-refractivity contribution < 1.29 is 0 Å². The van der Waals surface area contributed by atoms with Crippen molar-refractivity contribution in [2.24, 2.45) is 0 Å². The van der Waals surface area contributed by atoms with E-state index >= 15 is 0 Å². The molecule has 0 radical (unpaired) electrons. The zero-order valence-electron chi connectivity index (χ0n) is 9.62. The molecule has 0 aliphatic heterocycles. The van der Waals surface area contributed by atoms with Crippen molar-refractivity contribution >= 4 is 0 Å². The third-order valence-electron chi connectivity index (χ3n) is 2.75. The first-order valence-corrected chi connectivity index (χ1v) is 5.78. The lowest BCUT2D eigenvalue weighted by Gasteiger charge is -2.09. The van der Waals surface area contributed by atoms with Crippen molar-refractivity contribution in [3.63, 3.8) is 0 Å². The van der Waals surface area contributed by atoms with Crippen LogP contribution in [0.3, 0.4) is 0 Å². The Bertz CT molecular complexity index is 332. The number of aromatic nitrogens is 2. The molecule has 3 nitrogen and oxygen atoms in total. The van der Waals surface area contributed by atoms with Crippen LogP contribution in [0.1, 0.15) is 57.4 Å². The largest absolute Gasteiger partial charge is 0.268 e. The maximum Gasteiger partial charge on any atom is 0.264 e. The van der Waals surface area contributed by atoms with Crippen molar-refractivity contribution in [2.75, 3.05) is 0 Å². The zero-order chi connectivity index (χ0) is 11.1. The number of H-pyrrole nitrogens is 1. The van der Waals surface area contributed by atoms with E-state index in [9.17, 15) is 4.79 Å². The van der Waals surface area contributed by atoms with Crippen molar-refractivity contribution in [1.29, 1.82) is 0 Å². The highest BCUT2D eigenvalue weighted by Crippen LogP contribution is 2.19. The van der Waals surface area contributed by atoms with Gasteiger partial charge in [-0.25, -0.2) is 5.10 Å². The summed E-state index contributed by atoms with van der Waals surface area (Å²) >= 11 is 0. The van der Waals surface area contributed by atoms with Crippen LogP contribution in [0.2, 0.25) is 0 Å². The highest BCUT2D eigenvalue weighted by Gasteiger charge is 2.05. The van der Waals surface area contributed by atoms with Gasteiger partial charge in [0.25, 0.3) is 5.56 Å². The predicted molar refractivity (Wildman–Crippen MR) is 62.0 cm³/mol. The normalized spacial score (nSPS) is 12.7. The number of hydrogen-bond acceptors (Lipinski definition) is 2. The SMILES string of the molecule is CCCCCCC(C)c1cn[nH]c(=O)c1. The van der Waals surface area contributed by atoms with Gasteiger partial charge in [0, 0.05) is 6.07 Å². The maximum atomic E-state index is 11.1. The average molecular weight is 208 g/mol. The lowest BCUT2D eigenvalue weighted by Crippen LogP contribution is -2.09. The molecule has 0 amide bonds. The molecule has 0 aliphatic rings. The van der Waals surface area contributed by atoms with E-state index in [0.717, 1.165) is 12.0 Å². The van der Waals surface area contributed by atoms with Gasteiger partial charge in [-0.05, 0) is 17.9 Å². The second-order valence-corrected chi connectivity index (χ2v) is 4.13. The van der Waals surface area contributed by atoms with Crippen LogP contribution in [0.5, 0.6) is 0 Å². The molecule has 0 aliphatic carbocycles. The van der Waals surface area contributed by atoms with Crippen LogP contribution in [0.25, 0.3) is 0 Å². The molecule has 1 heterocycles. The fourth-order valence-corrected chi connectivity index (χ4v) is 1.70. The van der Waals surface area contributed by atoms with E-state index in [1.807, 2.05) is 0 Å². The molecule has 1 N–H and O–H groups in total. The second-order valence-electron chi connectivity index (χ2n) is 4.13. The van der Waals surface area contributed by atoms with Crippen LogP contribution in [-0.2, 0) is 0 Å². The Morgan fingerprint density at radius 1 is 1.40 bits per heavy atom. The van der Waals surface area contributed by atoms with Gasteiger partial charge in [-0.15, -0.1) is 0 Å². The van der Waals surface area contributed by atoms with Crippen LogP contribution in [-0.4, -0.2) is 10.2 Å². The van der Waals surface area contributed by atoms with Gasteiger partial charge in [0.15, 0.2) is 0 Å². The molecular formula is C12H20N2O. The third-order valence-corrected chi connectivity index (χ3v) is 2.75. The molecule has 0 saturated carbocycles. The molecule has 15 heavy (non-hydrogen) atoms. The van der Waals surface area contributed by atoms with Gasteiger partial charge in [0.05, 0.1) is 6.20 Å². The number of nitrogens with zero attached hydrogens (tertiary/aromatic N) is 1. The topological polar surface area (TPSA) is 45.8 Å². The number of hydrogen-bond donors (Lipinski definition) is 1. The fourth-order valence-electron chi connectivity index (χ4n) is 1.70. The average Bonchev–Trinajstić information content (AvgIpc) is 2.24. The maximum absolute atomic E-state index is 11.1. The standard InChI is InChI=1S/C12H20N2O/c1-3-4-5-6-7-10(2)11-8-12(15)14-13-9-11/h8-10H,3-7H2,1-2H3,(H,14,15). The molecule has 0 fully saturated rings. The summed E-state index contributed by atoms with van der Waals surface area (Å²) in [5, 5.41) is 6.21. The van der Waals surface area contributed by atoms with Crippen LogP contribution < -0.4 is 5.56 Å². The van der Waals surface area contributed by atoms with E-state index in [2.05, 4.69) is 24.0 Å². The quantitative estimate of drug-likeness (QED) is 0.731. The first-order valence-electron chi connectivity index (χ1n) is 5.78. The van der Waals surface area contributed by atoms with Gasteiger partial charge in [-0.2, -0.15) is 5.10 Å². The summed E-state index contributed by atoms with van der Waals surface area (Å²) in [6.45, 7) is 4.37. The van der Waals surface area contributed by atoms with E-state index < -0.39 is 0 Å². The van der Waals surface area contributed by atoms with Gasteiger partial charge in [-0.3, -0.25) is 4.79 Å². The van der Waals surface area contributed by atoms with Crippen molar-refractivity contribution in [1.82, 2.24) is 10.2 Å². The van der Waals surface area contributed by atoms with Crippen LogP contribution in [0.4, 0.5) is 0 Å². The summed E-state index contributed by atoms with van der Waals surface area (Å²) in [5.41, 5.74) is 0.947. The Morgan fingerprint density at radius 3 is 2.87 bits per heavy atom. The smallest absolute Gasteiger partial charge is 0.264 e. The van der Waals surface area contributed by atoms with Crippen LogP contribution in [0.15, 0.2) is 17.1 Å². The van der Waals surface area contributed by atoms with Crippen molar-refractivity contribution in [2.45, 2.75) is 51.9 Å². The first-order chi connectivity index (χ1) is 7.24. The monoisotopic (exact) mass is 208 g/mol. The van der Waals surface area contributed by atoms with Crippen molar-refractivity contribution in [3.05, 3.63) is 28.2 Å². The number of rotatable bonds is 6. The lowest BCUT2D eigenvalue weighted by atomic mass is 9.96. The summed E-state index contributed by atoms with van der Waals surface area (Å²) in [7, 11) is 0. The van der Waals surface area contributed by atoms with Gasteiger partial charge >= 0.3 is 0 Å². The molecule has 1 unspecified atom stereocenters. The molecule has 84 valence electrons.